The van der Waals surface area contributed by atoms with Gasteiger partial charge in [0.15, 0.2) is 5.96 Å². The van der Waals surface area contributed by atoms with Crippen molar-refractivity contribution in [3.63, 3.8) is 0 Å². The summed E-state index contributed by atoms with van der Waals surface area (Å²) in [5.74, 6) is 1.66. The van der Waals surface area contributed by atoms with Gasteiger partial charge in [-0.25, -0.2) is 0 Å². The molecule has 1 N–H and O–H groups in total. The lowest BCUT2D eigenvalue weighted by molar-refractivity contribution is -0.149. The van der Waals surface area contributed by atoms with Gasteiger partial charge in [0.1, 0.15) is 0 Å². The van der Waals surface area contributed by atoms with Crippen LogP contribution in [0.15, 0.2) is 4.99 Å². The second kappa shape index (κ2) is 7.37. The minimum atomic E-state index is -0.0371. The molecule has 0 aromatic carbocycles. The predicted octanol–water partition coefficient (Wildman–Crippen LogP) is 2.18. The molecule has 2 heterocycles. The highest BCUT2D eigenvalue weighted by Crippen LogP contribution is 2.60. The molecule has 0 bridgehead atoms. The zero-order chi connectivity index (χ0) is 18.1. The summed E-state index contributed by atoms with van der Waals surface area (Å²) >= 11 is 0. The monoisotopic (exact) mass is 363 g/mol. The van der Waals surface area contributed by atoms with Crippen molar-refractivity contribution in [2.75, 3.05) is 33.4 Å². The number of hydrogen-bond acceptors (Lipinski definition) is 4. The van der Waals surface area contributed by atoms with Gasteiger partial charge in [-0.2, -0.15) is 0 Å². The average molecular weight is 364 g/mol. The number of likely N-dealkylation sites (tertiary alicyclic amines) is 1. The first kappa shape index (κ1) is 18.1. The first-order valence-electron chi connectivity index (χ1n) is 10.5. The number of nitrogens with zero attached hydrogens (tertiary/aromatic N) is 2. The molecule has 2 aliphatic carbocycles. The third-order valence-corrected chi connectivity index (χ3v) is 7.20. The van der Waals surface area contributed by atoms with Crippen LogP contribution in [0.2, 0.25) is 0 Å². The Morgan fingerprint density at radius 3 is 2.65 bits per heavy atom. The third kappa shape index (κ3) is 2.90. The lowest BCUT2D eigenvalue weighted by atomic mass is 9.54. The van der Waals surface area contributed by atoms with Gasteiger partial charge >= 0.3 is 5.97 Å². The van der Waals surface area contributed by atoms with E-state index in [9.17, 15) is 4.79 Å². The van der Waals surface area contributed by atoms with Gasteiger partial charge in [-0.3, -0.25) is 9.79 Å². The van der Waals surface area contributed by atoms with E-state index in [1.807, 2.05) is 14.0 Å². The number of esters is 1. The molecule has 4 fully saturated rings. The molecule has 1 spiro atoms. The number of hydrogen-bond donors (Lipinski definition) is 1. The highest BCUT2D eigenvalue weighted by molar-refractivity contribution is 5.81. The van der Waals surface area contributed by atoms with Crippen LogP contribution in [0.4, 0.5) is 0 Å². The second-order valence-electron chi connectivity index (χ2n) is 8.37. The van der Waals surface area contributed by atoms with E-state index in [1.165, 1.54) is 32.1 Å². The lowest BCUT2D eigenvalue weighted by Crippen LogP contribution is -2.69. The molecule has 3 atom stereocenters. The number of piperidine rings is 1. The molecule has 6 heteroatoms. The third-order valence-electron chi connectivity index (χ3n) is 7.20. The Labute approximate surface area is 156 Å². The summed E-state index contributed by atoms with van der Waals surface area (Å²) in [5, 5.41) is 3.83. The zero-order valence-electron chi connectivity index (χ0n) is 16.2. The number of rotatable bonds is 3. The van der Waals surface area contributed by atoms with Gasteiger partial charge in [0.2, 0.25) is 0 Å². The van der Waals surface area contributed by atoms with Crippen LogP contribution in [0.25, 0.3) is 0 Å². The van der Waals surface area contributed by atoms with Gasteiger partial charge in [0.05, 0.1) is 18.6 Å². The van der Waals surface area contributed by atoms with Crippen LogP contribution in [-0.2, 0) is 14.3 Å². The molecule has 0 aromatic rings. The van der Waals surface area contributed by atoms with E-state index >= 15 is 0 Å². The summed E-state index contributed by atoms with van der Waals surface area (Å²) in [5.41, 5.74) is 0.334. The summed E-state index contributed by atoms with van der Waals surface area (Å²) in [6.45, 7) is 4.99. The number of aliphatic imine (C=N–C) groups is 1. The summed E-state index contributed by atoms with van der Waals surface area (Å²) in [6, 6.07) is 0.499. The van der Waals surface area contributed by atoms with Gasteiger partial charge < -0.3 is 19.7 Å². The largest absolute Gasteiger partial charge is 0.466 e. The highest BCUT2D eigenvalue weighted by atomic mass is 16.5. The molecule has 6 nitrogen and oxygen atoms in total. The summed E-state index contributed by atoms with van der Waals surface area (Å²) in [6.07, 6.45) is 8.57. The van der Waals surface area contributed by atoms with Crippen LogP contribution in [0.3, 0.4) is 0 Å². The Kier molecular flexibility index (Phi) is 5.13. The molecule has 26 heavy (non-hydrogen) atoms. The maximum absolute atomic E-state index is 12.0. The molecule has 4 rings (SSSR count). The number of guanidine groups is 1. The average Bonchev–Trinajstić information content (AvgIpc) is 3.32. The van der Waals surface area contributed by atoms with E-state index < -0.39 is 0 Å². The number of nitrogens with one attached hydrogen (secondary N) is 1. The SMILES string of the molecule is CCOC(=O)C1CCN(C(=NC)NC2C3CCOC3C23CCCC3)CC1. The van der Waals surface area contributed by atoms with E-state index in [2.05, 4.69) is 15.2 Å². The van der Waals surface area contributed by atoms with E-state index in [0.717, 1.165) is 38.5 Å². The van der Waals surface area contributed by atoms with E-state index in [1.54, 1.807) is 0 Å². The van der Waals surface area contributed by atoms with E-state index in [0.29, 0.717) is 30.1 Å². The number of fused-ring (bicyclic) bond motifs is 2. The highest BCUT2D eigenvalue weighted by Gasteiger charge is 2.65. The van der Waals surface area contributed by atoms with Gasteiger partial charge in [0.25, 0.3) is 0 Å². The lowest BCUT2D eigenvalue weighted by Gasteiger charge is -2.57. The molecule has 2 saturated carbocycles. The van der Waals surface area contributed by atoms with Crippen molar-refractivity contribution in [2.45, 2.75) is 64.0 Å². The Morgan fingerprint density at radius 2 is 2.00 bits per heavy atom. The fourth-order valence-corrected chi connectivity index (χ4v) is 5.93. The Balaban J connectivity index is 1.37. The van der Waals surface area contributed by atoms with E-state index in [4.69, 9.17) is 9.47 Å². The molecule has 4 aliphatic rings. The summed E-state index contributed by atoms with van der Waals surface area (Å²) in [4.78, 5) is 18.9. The summed E-state index contributed by atoms with van der Waals surface area (Å²) in [7, 11) is 1.88. The normalized spacial score (nSPS) is 33.8. The standard InChI is InChI=1S/C20H33N3O3/c1-3-25-18(24)14-6-11-23(12-7-14)19(21-2)22-16-15-8-13-26-17(15)20(16)9-4-5-10-20/h14-17H,3-13H2,1-2H3,(H,21,22). The predicted molar refractivity (Wildman–Crippen MR) is 100.0 cm³/mol. The van der Waals surface area contributed by atoms with Crippen LogP contribution >= 0.6 is 0 Å². The van der Waals surface area contributed by atoms with Crippen LogP contribution in [0.1, 0.15) is 51.9 Å². The number of carbonyl (C=O) groups is 1. The van der Waals surface area contributed by atoms with Crippen molar-refractivity contribution in [1.82, 2.24) is 10.2 Å². The molecule has 3 unspecified atom stereocenters. The molecule has 0 aromatic heterocycles. The zero-order valence-corrected chi connectivity index (χ0v) is 16.2. The van der Waals surface area contributed by atoms with Crippen LogP contribution in [-0.4, -0.2) is 62.3 Å². The fraction of sp³-hybridized carbons (Fsp3) is 0.900. The van der Waals surface area contributed by atoms with Crippen molar-refractivity contribution in [3.8, 4) is 0 Å². The molecule has 2 aliphatic heterocycles. The Hall–Kier alpha value is -1.30. The van der Waals surface area contributed by atoms with Crippen LogP contribution in [0, 0.1) is 17.3 Å². The second-order valence-corrected chi connectivity index (χ2v) is 8.37. The molecular weight excluding hydrogens is 330 g/mol. The van der Waals surface area contributed by atoms with Crippen molar-refractivity contribution < 1.29 is 14.3 Å². The number of ether oxygens (including phenoxy) is 2. The fourth-order valence-electron chi connectivity index (χ4n) is 5.93. The molecule has 2 saturated heterocycles. The van der Waals surface area contributed by atoms with Gasteiger partial charge in [-0.1, -0.05) is 12.8 Å². The Morgan fingerprint density at radius 1 is 1.27 bits per heavy atom. The van der Waals surface area contributed by atoms with Crippen molar-refractivity contribution >= 4 is 11.9 Å². The van der Waals surface area contributed by atoms with Crippen molar-refractivity contribution in [1.29, 1.82) is 0 Å². The molecule has 0 amide bonds. The first-order chi connectivity index (χ1) is 12.7. The molecule has 0 radical (unpaired) electrons. The minimum Gasteiger partial charge on any atom is -0.466 e. The number of carbonyl (C=O) groups excluding carboxylic acids is 1. The quantitative estimate of drug-likeness (QED) is 0.473. The smallest absolute Gasteiger partial charge is 0.309 e. The van der Waals surface area contributed by atoms with Crippen molar-refractivity contribution in [3.05, 3.63) is 0 Å². The van der Waals surface area contributed by atoms with Gasteiger partial charge in [0, 0.05) is 44.1 Å². The van der Waals surface area contributed by atoms with Gasteiger partial charge in [-0.15, -0.1) is 0 Å². The Bertz CT molecular complexity index is 551. The maximum atomic E-state index is 12.0. The first-order valence-corrected chi connectivity index (χ1v) is 10.5. The molecular formula is C20H33N3O3. The van der Waals surface area contributed by atoms with Crippen LogP contribution in [0.5, 0.6) is 0 Å². The molecule has 146 valence electrons. The van der Waals surface area contributed by atoms with E-state index in [-0.39, 0.29) is 11.9 Å². The van der Waals surface area contributed by atoms with Gasteiger partial charge in [-0.05, 0) is 39.0 Å². The minimum absolute atomic E-state index is 0.0371. The van der Waals surface area contributed by atoms with Crippen molar-refractivity contribution in [2.24, 2.45) is 22.2 Å². The summed E-state index contributed by atoms with van der Waals surface area (Å²) < 4.78 is 11.3. The topological polar surface area (TPSA) is 63.2 Å². The van der Waals surface area contributed by atoms with Crippen LogP contribution < -0.4 is 5.32 Å². The maximum Gasteiger partial charge on any atom is 0.309 e.